The lowest BCUT2D eigenvalue weighted by molar-refractivity contribution is -0.320. The van der Waals surface area contributed by atoms with Crippen LogP contribution in [-0.4, -0.2) is 121 Å². The summed E-state index contributed by atoms with van der Waals surface area (Å²) in [5.74, 6) is -1.03. The minimum atomic E-state index is -1.64. The van der Waals surface area contributed by atoms with Crippen LogP contribution < -0.4 is 0 Å². The second-order valence-electron chi connectivity index (χ2n) is 19.9. The molecule has 0 aromatic rings. The average Bonchev–Trinajstić information content (AvgIpc) is 3.10. The highest BCUT2D eigenvalue weighted by atomic mass is 16.7. The second-order valence-corrected chi connectivity index (χ2v) is 19.9. The van der Waals surface area contributed by atoms with Crippen molar-refractivity contribution in [2.75, 3.05) is 13.2 Å². The van der Waals surface area contributed by atoms with Crippen LogP contribution in [0.2, 0.25) is 0 Å². The van der Waals surface area contributed by atoms with Crippen LogP contribution >= 0.6 is 0 Å². The van der Waals surface area contributed by atoms with Crippen LogP contribution in [0.5, 0.6) is 0 Å². The van der Waals surface area contributed by atoms with Crippen molar-refractivity contribution in [2.45, 2.75) is 161 Å². The molecule has 1 aliphatic heterocycles. The van der Waals surface area contributed by atoms with Gasteiger partial charge < -0.3 is 55.1 Å². The first-order valence-electron chi connectivity index (χ1n) is 20.4. The molecule has 19 atom stereocenters. The maximum atomic E-state index is 13.1. The van der Waals surface area contributed by atoms with E-state index >= 15 is 0 Å². The molecule has 6 fully saturated rings. The molecule has 0 spiro atoms. The van der Waals surface area contributed by atoms with Gasteiger partial charge in [0.05, 0.1) is 36.4 Å². The van der Waals surface area contributed by atoms with Gasteiger partial charge in [0.15, 0.2) is 6.29 Å². The highest BCUT2D eigenvalue weighted by molar-refractivity contribution is 5.77. The molecule has 8 N–H and O–H groups in total. The smallest absolute Gasteiger partial charge is 0.310 e. The zero-order valence-corrected chi connectivity index (χ0v) is 32.9. The summed E-state index contributed by atoms with van der Waals surface area (Å²) < 4.78 is 18.0. The molecule has 0 bridgehead atoms. The maximum absolute atomic E-state index is 13.1. The van der Waals surface area contributed by atoms with Crippen molar-refractivity contribution in [3.8, 4) is 0 Å². The third-order valence-electron chi connectivity index (χ3n) is 17.3. The summed E-state index contributed by atoms with van der Waals surface area (Å²) >= 11 is 0. The fourth-order valence-electron chi connectivity index (χ4n) is 14.0. The third kappa shape index (κ3) is 5.70. The summed E-state index contributed by atoms with van der Waals surface area (Å²) in [5, 5.41) is 86.5. The number of rotatable bonds is 6. The standard InChI is InChI=1S/C42H66O12/c1-20-10-13-42(37(50)51)15-14-40(6)23(29(42)21(20)2)8-9-28-39(5)17-24(44)35(38(3,4)27(39)11-12-41(28,40)7)53-26-16-22(18-43)30(46)34(32(26)48)54-36-33(49)31(47)25(45)19-52-36/h8,21-22,24-36,43-49H,1,9-19H2,2-7H3,(H,50,51)/t21-,22+,24-,25+,26+,27-,28+,29-,30+,31+,32-,33+,34-,35-,36-,39-,40+,41+,42-/m0/s1. The number of fused-ring (bicyclic) bond motifs is 7. The number of allylic oxidation sites excluding steroid dienone is 3. The molecule has 7 rings (SSSR count). The lowest BCUT2D eigenvalue weighted by Crippen LogP contribution is -2.68. The Balaban J connectivity index is 1.15. The molecule has 0 aromatic heterocycles. The maximum Gasteiger partial charge on any atom is 0.310 e. The largest absolute Gasteiger partial charge is 0.481 e. The van der Waals surface area contributed by atoms with Gasteiger partial charge >= 0.3 is 5.97 Å². The predicted octanol–water partition coefficient (Wildman–Crippen LogP) is 2.93. The Kier molecular flexibility index (Phi) is 10.4. The van der Waals surface area contributed by atoms with Crippen molar-refractivity contribution in [1.82, 2.24) is 0 Å². The van der Waals surface area contributed by atoms with E-state index in [9.17, 15) is 45.6 Å². The molecule has 0 unspecified atom stereocenters. The molecule has 0 aromatic carbocycles. The molecule has 12 heteroatoms. The fourth-order valence-corrected chi connectivity index (χ4v) is 14.0. The highest BCUT2D eigenvalue weighted by Gasteiger charge is 2.70. The Morgan fingerprint density at radius 3 is 2.28 bits per heavy atom. The Hall–Kier alpha value is -1.45. The van der Waals surface area contributed by atoms with Crippen molar-refractivity contribution in [1.29, 1.82) is 0 Å². The van der Waals surface area contributed by atoms with Gasteiger partial charge in [-0.15, -0.1) is 0 Å². The van der Waals surface area contributed by atoms with Gasteiger partial charge in [-0.25, -0.2) is 0 Å². The first-order valence-corrected chi connectivity index (χ1v) is 20.4. The van der Waals surface area contributed by atoms with E-state index in [1.165, 1.54) is 5.57 Å². The van der Waals surface area contributed by atoms with Gasteiger partial charge in [-0.3, -0.25) is 4.79 Å². The summed E-state index contributed by atoms with van der Waals surface area (Å²) in [4.78, 5) is 13.1. The number of hydrogen-bond donors (Lipinski definition) is 8. The van der Waals surface area contributed by atoms with E-state index in [2.05, 4.69) is 54.2 Å². The van der Waals surface area contributed by atoms with Crippen molar-refractivity contribution in [3.63, 3.8) is 0 Å². The molecular formula is C42H66O12. The van der Waals surface area contributed by atoms with Crippen LogP contribution in [0, 0.1) is 56.7 Å². The second kappa shape index (κ2) is 13.8. The van der Waals surface area contributed by atoms with Crippen LogP contribution in [0.4, 0.5) is 0 Å². The van der Waals surface area contributed by atoms with Gasteiger partial charge in [0.25, 0.3) is 0 Å². The lowest BCUT2D eigenvalue weighted by Gasteiger charge is -2.71. The molecule has 54 heavy (non-hydrogen) atoms. The molecular weight excluding hydrogens is 696 g/mol. The fraction of sp³-hybridized carbons (Fsp3) is 0.881. The van der Waals surface area contributed by atoms with E-state index in [-0.39, 0.29) is 52.9 Å². The summed E-state index contributed by atoms with van der Waals surface area (Å²) in [6, 6.07) is 0. The first kappa shape index (κ1) is 40.7. The number of aliphatic hydroxyl groups is 7. The monoisotopic (exact) mass is 762 g/mol. The summed E-state index contributed by atoms with van der Waals surface area (Å²) in [6.07, 6.45) is -4.08. The van der Waals surface area contributed by atoms with E-state index in [1.54, 1.807) is 0 Å². The van der Waals surface area contributed by atoms with Gasteiger partial charge in [0.1, 0.15) is 30.5 Å². The van der Waals surface area contributed by atoms with Crippen LogP contribution in [-0.2, 0) is 19.0 Å². The predicted molar refractivity (Wildman–Crippen MR) is 196 cm³/mol. The molecule has 7 aliphatic rings. The number of carboxylic acid groups (broad SMARTS) is 1. The molecule has 0 amide bonds. The Bertz CT molecular complexity index is 1500. The molecule has 12 nitrogen and oxygen atoms in total. The average molecular weight is 763 g/mol. The number of hydrogen-bond acceptors (Lipinski definition) is 11. The van der Waals surface area contributed by atoms with Crippen molar-refractivity contribution >= 4 is 5.97 Å². The van der Waals surface area contributed by atoms with Gasteiger partial charge in [0.2, 0.25) is 0 Å². The van der Waals surface area contributed by atoms with Gasteiger partial charge in [-0.2, -0.15) is 0 Å². The van der Waals surface area contributed by atoms with Gasteiger partial charge in [-0.1, -0.05) is 65.3 Å². The minimum absolute atomic E-state index is 0.0786. The third-order valence-corrected chi connectivity index (χ3v) is 17.3. The lowest BCUT2D eigenvalue weighted by atomic mass is 9.33. The molecule has 1 heterocycles. The van der Waals surface area contributed by atoms with E-state index < -0.39 is 90.5 Å². The zero-order valence-electron chi connectivity index (χ0n) is 32.9. The van der Waals surface area contributed by atoms with Crippen LogP contribution in [0.3, 0.4) is 0 Å². The molecule has 6 aliphatic carbocycles. The van der Waals surface area contributed by atoms with Gasteiger partial charge in [0, 0.05) is 18.4 Å². The van der Waals surface area contributed by atoms with E-state index in [0.717, 1.165) is 37.7 Å². The molecule has 5 saturated carbocycles. The highest BCUT2D eigenvalue weighted by Crippen LogP contribution is 2.76. The van der Waals surface area contributed by atoms with E-state index in [0.29, 0.717) is 19.3 Å². The van der Waals surface area contributed by atoms with Gasteiger partial charge in [-0.05, 0) is 97.2 Å². The quantitative estimate of drug-likeness (QED) is 0.184. The van der Waals surface area contributed by atoms with Crippen LogP contribution in [0.15, 0.2) is 23.8 Å². The van der Waals surface area contributed by atoms with Crippen molar-refractivity contribution in [2.24, 2.45) is 56.7 Å². The summed E-state index contributed by atoms with van der Waals surface area (Å²) in [7, 11) is 0. The summed E-state index contributed by atoms with van der Waals surface area (Å²) in [6.45, 7) is 17.2. The SMILES string of the molecule is C=C1CC[C@]2(C(=O)O)CC[C@]3(C)C(=CC[C@@H]4[C@@]5(C)C[C@H](O)[C@H](O[C@@H]6C[C@H](CO)[C@@H](O)[C@H](O[C@@H]7OC[C@@H](O)[C@@H](O)[C@H]7O)[C@H]6O)C(C)(C)[C@@H]5CC[C@]43C)[C@@H]2[C@H]1C. The number of aliphatic carboxylic acids is 1. The number of carboxylic acids is 1. The molecule has 306 valence electrons. The topological polar surface area (TPSA) is 207 Å². The number of aliphatic hydroxyl groups excluding tert-OH is 7. The molecule has 0 radical (unpaired) electrons. The van der Waals surface area contributed by atoms with Crippen molar-refractivity contribution < 1.29 is 59.9 Å². The normalized spacial score (nSPS) is 54.4. The molecule has 1 saturated heterocycles. The number of ether oxygens (including phenoxy) is 3. The first-order chi connectivity index (χ1) is 25.2. The Labute approximate surface area is 319 Å². The Morgan fingerprint density at radius 2 is 1.61 bits per heavy atom. The van der Waals surface area contributed by atoms with E-state index in [4.69, 9.17) is 14.2 Å². The minimum Gasteiger partial charge on any atom is -0.481 e. The van der Waals surface area contributed by atoms with E-state index in [1.807, 2.05) is 0 Å². The van der Waals surface area contributed by atoms with Crippen LogP contribution in [0.1, 0.15) is 99.3 Å². The summed E-state index contributed by atoms with van der Waals surface area (Å²) in [5.41, 5.74) is 0.532. The zero-order chi connectivity index (χ0) is 39.5. The Morgan fingerprint density at radius 1 is 0.907 bits per heavy atom. The number of carbonyl (C=O) groups is 1. The van der Waals surface area contributed by atoms with Crippen molar-refractivity contribution in [3.05, 3.63) is 23.8 Å². The van der Waals surface area contributed by atoms with Crippen LogP contribution in [0.25, 0.3) is 0 Å².